The molecular formula is C16H18N2O2. The van der Waals surface area contributed by atoms with Crippen molar-refractivity contribution in [2.24, 2.45) is 0 Å². The van der Waals surface area contributed by atoms with Gasteiger partial charge in [-0.1, -0.05) is 6.07 Å². The normalized spacial score (nSPS) is 13.7. The Morgan fingerprint density at radius 2 is 1.85 bits per heavy atom. The van der Waals surface area contributed by atoms with Gasteiger partial charge in [0.2, 0.25) is 0 Å². The van der Waals surface area contributed by atoms with Crippen molar-refractivity contribution in [1.82, 2.24) is 0 Å². The van der Waals surface area contributed by atoms with Gasteiger partial charge in [0.05, 0.1) is 13.2 Å². The molecule has 0 bridgehead atoms. The first-order valence-corrected chi connectivity index (χ1v) is 6.76. The highest BCUT2D eigenvalue weighted by Crippen LogP contribution is 2.34. The van der Waals surface area contributed by atoms with Crippen LogP contribution >= 0.6 is 0 Å². The second kappa shape index (κ2) is 5.33. The average molecular weight is 270 g/mol. The standard InChI is InChI=1S/C16H18N2O2/c1-11-13(17)4-2-5-14(11)18-12-6-7-15-16(10-12)20-9-3-8-19-15/h2,4-7,10,18H,3,8-9,17H2,1H3. The van der Waals surface area contributed by atoms with Crippen molar-refractivity contribution in [3.8, 4) is 11.5 Å². The maximum Gasteiger partial charge on any atom is 0.163 e. The molecule has 0 amide bonds. The van der Waals surface area contributed by atoms with Crippen molar-refractivity contribution >= 4 is 17.1 Å². The maximum atomic E-state index is 5.92. The molecule has 0 unspecified atom stereocenters. The number of hydrogen-bond acceptors (Lipinski definition) is 4. The monoisotopic (exact) mass is 270 g/mol. The lowest BCUT2D eigenvalue weighted by Gasteiger charge is -2.13. The van der Waals surface area contributed by atoms with E-state index in [-0.39, 0.29) is 0 Å². The summed E-state index contributed by atoms with van der Waals surface area (Å²) in [6, 6.07) is 11.7. The zero-order chi connectivity index (χ0) is 13.9. The largest absolute Gasteiger partial charge is 0.490 e. The molecule has 4 heteroatoms. The second-order valence-corrected chi connectivity index (χ2v) is 4.86. The molecule has 0 saturated carbocycles. The van der Waals surface area contributed by atoms with Crippen LogP contribution in [-0.2, 0) is 0 Å². The molecule has 1 heterocycles. The molecule has 4 nitrogen and oxygen atoms in total. The molecule has 1 aliphatic rings. The van der Waals surface area contributed by atoms with Crippen molar-refractivity contribution in [1.29, 1.82) is 0 Å². The maximum absolute atomic E-state index is 5.92. The van der Waals surface area contributed by atoms with Crippen molar-refractivity contribution in [3.63, 3.8) is 0 Å². The van der Waals surface area contributed by atoms with Crippen molar-refractivity contribution in [2.75, 3.05) is 24.3 Å². The summed E-state index contributed by atoms with van der Waals surface area (Å²) in [6.45, 7) is 3.39. The zero-order valence-corrected chi connectivity index (χ0v) is 11.5. The van der Waals surface area contributed by atoms with Crippen molar-refractivity contribution < 1.29 is 9.47 Å². The molecule has 0 saturated heterocycles. The number of ether oxygens (including phenoxy) is 2. The lowest BCUT2D eigenvalue weighted by atomic mass is 10.1. The molecule has 0 atom stereocenters. The second-order valence-electron chi connectivity index (χ2n) is 4.86. The Morgan fingerprint density at radius 3 is 2.70 bits per heavy atom. The van der Waals surface area contributed by atoms with Crippen LogP contribution < -0.4 is 20.5 Å². The van der Waals surface area contributed by atoms with Crippen LogP contribution in [0.1, 0.15) is 12.0 Å². The number of hydrogen-bond donors (Lipinski definition) is 2. The number of nitrogens with two attached hydrogens (primary N) is 1. The fraction of sp³-hybridized carbons (Fsp3) is 0.250. The predicted molar refractivity (Wildman–Crippen MR) is 80.9 cm³/mol. The van der Waals surface area contributed by atoms with E-state index in [0.717, 1.165) is 40.5 Å². The molecule has 0 aliphatic carbocycles. The first-order valence-electron chi connectivity index (χ1n) is 6.76. The number of nitrogen functional groups attached to an aromatic ring is 1. The van der Waals surface area contributed by atoms with Gasteiger partial charge in [0.25, 0.3) is 0 Å². The third kappa shape index (κ3) is 2.50. The zero-order valence-electron chi connectivity index (χ0n) is 11.5. The fourth-order valence-electron chi connectivity index (χ4n) is 2.19. The van der Waals surface area contributed by atoms with E-state index >= 15 is 0 Å². The van der Waals surface area contributed by atoms with Crippen LogP contribution in [0.4, 0.5) is 17.1 Å². The minimum atomic E-state index is 0.688. The number of fused-ring (bicyclic) bond motifs is 1. The third-order valence-corrected chi connectivity index (χ3v) is 3.40. The van der Waals surface area contributed by atoms with Crippen LogP contribution in [0, 0.1) is 6.92 Å². The van der Waals surface area contributed by atoms with E-state index in [1.165, 1.54) is 0 Å². The van der Waals surface area contributed by atoms with E-state index in [4.69, 9.17) is 15.2 Å². The van der Waals surface area contributed by atoms with Gasteiger partial charge >= 0.3 is 0 Å². The molecular weight excluding hydrogens is 252 g/mol. The molecule has 2 aromatic carbocycles. The summed E-state index contributed by atoms with van der Waals surface area (Å²) in [6.07, 6.45) is 0.909. The number of rotatable bonds is 2. The van der Waals surface area contributed by atoms with Crippen LogP contribution in [0.25, 0.3) is 0 Å². The minimum Gasteiger partial charge on any atom is -0.490 e. The highest BCUT2D eigenvalue weighted by atomic mass is 16.5. The Balaban J connectivity index is 1.88. The van der Waals surface area contributed by atoms with E-state index in [9.17, 15) is 0 Å². The molecule has 0 spiro atoms. The van der Waals surface area contributed by atoms with Gasteiger partial charge < -0.3 is 20.5 Å². The Labute approximate surface area is 118 Å². The molecule has 2 aromatic rings. The Bertz CT molecular complexity index is 626. The molecule has 20 heavy (non-hydrogen) atoms. The van der Waals surface area contributed by atoms with Crippen molar-refractivity contribution in [2.45, 2.75) is 13.3 Å². The van der Waals surface area contributed by atoms with E-state index in [0.29, 0.717) is 13.2 Å². The van der Waals surface area contributed by atoms with E-state index in [2.05, 4.69) is 5.32 Å². The van der Waals surface area contributed by atoms with Gasteiger partial charge in [0.15, 0.2) is 11.5 Å². The van der Waals surface area contributed by atoms with E-state index in [1.807, 2.05) is 43.3 Å². The summed E-state index contributed by atoms with van der Waals surface area (Å²) in [5, 5.41) is 3.37. The summed E-state index contributed by atoms with van der Waals surface area (Å²) < 4.78 is 11.3. The van der Waals surface area contributed by atoms with Gasteiger partial charge in [-0.05, 0) is 36.8 Å². The minimum absolute atomic E-state index is 0.688. The van der Waals surface area contributed by atoms with Crippen molar-refractivity contribution in [3.05, 3.63) is 42.0 Å². The Hall–Kier alpha value is -2.36. The number of nitrogens with one attached hydrogen (secondary N) is 1. The topological polar surface area (TPSA) is 56.5 Å². The van der Waals surface area contributed by atoms with Crippen LogP contribution in [0.2, 0.25) is 0 Å². The first kappa shape index (κ1) is 12.7. The summed E-state index contributed by atoms with van der Waals surface area (Å²) in [5.41, 5.74) is 9.70. The van der Waals surface area contributed by atoms with Crippen LogP contribution in [0.3, 0.4) is 0 Å². The van der Waals surface area contributed by atoms with E-state index in [1.54, 1.807) is 0 Å². The summed E-state index contributed by atoms with van der Waals surface area (Å²) >= 11 is 0. The number of anilines is 3. The highest BCUT2D eigenvalue weighted by Gasteiger charge is 2.11. The SMILES string of the molecule is Cc1c(N)cccc1Nc1ccc2c(c1)OCCCO2. The van der Waals surface area contributed by atoms with Crippen LogP contribution in [-0.4, -0.2) is 13.2 Å². The molecule has 104 valence electrons. The molecule has 3 rings (SSSR count). The Kier molecular flexibility index (Phi) is 3.37. The molecule has 3 N–H and O–H groups in total. The lowest BCUT2D eigenvalue weighted by molar-refractivity contribution is 0.297. The van der Waals surface area contributed by atoms with Crippen LogP contribution in [0.5, 0.6) is 11.5 Å². The van der Waals surface area contributed by atoms with Gasteiger partial charge in [-0.25, -0.2) is 0 Å². The van der Waals surface area contributed by atoms with Gasteiger partial charge in [0, 0.05) is 29.5 Å². The highest BCUT2D eigenvalue weighted by molar-refractivity contribution is 5.70. The van der Waals surface area contributed by atoms with Gasteiger partial charge in [-0.3, -0.25) is 0 Å². The molecule has 1 aliphatic heterocycles. The van der Waals surface area contributed by atoms with Gasteiger partial charge in [-0.15, -0.1) is 0 Å². The summed E-state index contributed by atoms with van der Waals surface area (Å²) in [4.78, 5) is 0. The molecule has 0 fully saturated rings. The van der Waals surface area contributed by atoms with E-state index < -0.39 is 0 Å². The third-order valence-electron chi connectivity index (χ3n) is 3.40. The lowest BCUT2D eigenvalue weighted by Crippen LogP contribution is -1.98. The molecule has 0 radical (unpaired) electrons. The number of benzene rings is 2. The molecule has 0 aromatic heterocycles. The fourth-order valence-corrected chi connectivity index (χ4v) is 2.19. The average Bonchev–Trinajstić information content (AvgIpc) is 2.69. The Morgan fingerprint density at radius 1 is 1.05 bits per heavy atom. The van der Waals surface area contributed by atoms with Crippen LogP contribution in [0.15, 0.2) is 36.4 Å². The smallest absolute Gasteiger partial charge is 0.163 e. The quantitative estimate of drug-likeness (QED) is 0.820. The summed E-state index contributed by atoms with van der Waals surface area (Å²) in [7, 11) is 0. The predicted octanol–water partition coefficient (Wildman–Crippen LogP) is 3.48. The summed E-state index contributed by atoms with van der Waals surface area (Å²) in [5.74, 6) is 1.59. The van der Waals surface area contributed by atoms with Gasteiger partial charge in [0.1, 0.15) is 0 Å². The van der Waals surface area contributed by atoms with Gasteiger partial charge in [-0.2, -0.15) is 0 Å². The first-order chi connectivity index (χ1) is 9.74.